The minimum atomic E-state index is -0.640. The van der Waals surface area contributed by atoms with Crippen LogP contribution >= 0.6 is 0 Å². The molecule has 0 bridgehead atoms. The molecule has 4 heteroatoms. The summed E-state index contributed by atoms with van der Waals surface area (Å²) < 4.78 is 5.87. The second-order valence-electron chi connectivity index (χ2n) is 5.01. The molecular weight excluding hydrogens is 252 g/mol. The number of nitrogens with two attached hydrogens (primary N) is 1. The van der Waals surface area contributed by atoms with Crippen molar-refractivity contribution in [3.63, 3.8) is 0 Å². The fourth-order valence-electron chi connectivity index (χ4n) is 2.46. The van der Waals surface area contributed by atoms with E-state index >= 15 is 0 Å². The maximum absolute atomic E-state index is 12.5. The van der Waals surface area contributed by atoms with Gasteiger partial charge in [-0.05, 0) is 24.6 Å². The molecule has 2 aromatic carbocycles. The zero-order chi connectivity index (χ0) is 14.3. The van der Waals surface area contributed by atoms with Gasteiger partial charge >= 0.3 is 0 Å². The van der Waals surface area contributed by atoms with Gasteiger partial charge in [0.05, 0.1) is 11.4 Å². The molecule has 2 N–H and O–H groups in total. The monoisotopic (exact) mass is 268 g/mol. The van der Waals surface area contributed by atoms with Crippen LogP contribution in [0, 0.1) is 6.92 Å². The van der Waals surface area contributed by atoms with Gasteiger partial charge in [0.1, 0.15) is 0 Å². The Morgan fingerprint density at radius 1 is 1.20 bits per heavy atom. The van der Waals surface area contributed by atoms with E-state index in [1.807, 2.05) is 49.4 Å². The lowest BCUT2D eigenvalue weighted by Crippen LogP contribution is -2.38. The van der Waals surface area contributed by atoms with Crippen LogP contribution in [0.15, 0.2) is 42.5 Å². The molecule has 2 aromatic rings. The smallest absolute Gasteiger partial charge is 0.272 e. The van der Waals surface area contributed by atoms with Crippen molar-refractivity contribution < 1.29 is 9.53 Å². The van der Waals surface area contributed by atoms with E-state index in [4.69, 9.17) is 10.5 Å². The fraction of sp³-hybridized carbons (Fsp3) is 0.188. The number of amides is 1. The van der Waals surface area contributed by atoms with Crippen LogP contribution < -0.4 is 15.4 Å². The van der Waals surface area contributed by atoms with E-state index in [2.05, 4.69) is 0 Å². The Kier molecular flexibility index (Phi) is 2.86. The zero-order valence-corrected chi connectivity index (χ0v) is 11.5. The molecule has 102 valence electrons. The quantitative estimate of drug-likeness (QED) is 0.809. The number of benzene rings is 2. The molecule has 1 amide bonds. The number of likely N-dealkylation sites (N-methyl/N-ethyl adjacent to an activating group) is 1. The van der Waals surface area contributed by atoms with Crippen LogP contribution in [-0.4, -0.2) is 13.0 Å². The first-order valence-electron chi connectivity index (χ1n) is 6.47. The number of nitrogens with zero attached hydrogens (tertiary/aromatic N) is 1. The number of anilines is 2. The SMILES string of the molecule is Cc1cc(N)c2c(c1)N(C)C(=O)C(c1ccccc1)O2. The second-order valence-corrected chi connectivity index (χ2v) is 5.01. The molecule has 1 atom stereocenters. The van der Waals surface area contributed by atoms with Gasteiger partial charge in [-0.15, -0.1) is 0 Å². The van der Waals surface area contributed by atoms with Crippen molar-refractivity contribution in [1.29, 1.82) is 0 Å². The summed E-state index contributed by atoms with van der Waals surface area (Å²) in [6.07, 6.45) is -0.640. The highest BCUT2D eigenvalue weighted by Crippen LogP contribution is 2.42. The number of ether oxygens (including phenoxy) is 1. The van der Waals surface area contributed by atoms with Crippen molar-refractivity contribution in [2.75, 3.05) is 17.7 Å². The summed E-state index contributed by atoms with van der Waals surface area (Å²) in [7, 11) is 1.75. The minimum absolute atomic E-state index is 0.0892. The third-order valence-electron chi connectivity index (χ3n) is 3.50. The van der Waals surface area contributed by atoms with Crippen LogP contribution in [0.4, 0.5) is 11.4 Å². The number of nitrogen functional groups attached to an aromatic ring is 1. The van der Waals surface area contributed by atoms with Crippen molar-refractivity contribution in [2.24, 2.45) is 0 Å². The first kappa shape index (κ1) is 12.5. The van der Waals surface area contributed by atoms with E-state index in [1.165, 1.54) is 0 Å². The molecule has 0 radical (unpaired) electrons. The highest BCUT2D eigenvalue weighted by atomic mass is 16.5. The molecule has 1 aliphatic heterocycles. The van der Waals surface area contributed by atoms with E-state index in [0.29, 0.717) is 11.4 Å². The van der Waals surface area contributed by atoms with Crippen LogP contribution in [0.1, 0.15) is 17.2 Å². The first-order chi connectivity index (χ1) is 9.58. The molecule has 0 aromatic heterocycles. The Labute approximate surface area is 117 Å². The highest BCUT2D eigenvalue weighted by Gasteiger charge is 2.34. The largest absolute Gasteiger partial charge is 0.471 e. The molecule has 4 nitrogen and oxygen atoms in total. The zero-order valence-electron chi connectivity index (χ0n) is 11.5. The number of rotatable bonds is 1. The number of hydrogen-bond donors (Lipinski definition) is 1. The maximum atomic E-state index is 12.5. The highest BCUT2D eigenvalue weighted by molar-refractivity contribution is 6.01. The first-order valence-corrected chi connectivity index (χ1v) is 6.47. The lowest BCUT2D eigenvalue weighted by atomic mass is 10.0. The van der Waals surface area contributed by atoms with Crippen molar-refractivity contribution >= 4 is 17.3 Å². The van der Waals surface area contributed by atoms with E-state index in [1.54, 1.807) is 11.9 Å². The predicted octanol–water partition coefficient (Wildman–Crippen LogP) is 2.67. The third kappa shape index (κ3) is 1.90. The summed E-state index contributed by atoms with van der Waals surface area (Å²) in [5, 5.41) is 0. The predicted molar refractivity (Wildman–Crippen MR) is 78.8 cm³/mol. The molecule has 0 saturated heterocycles. The molecule has 0 fully saturated rings. The van der Waals surface area contributed by atoms with Crippen molar-refractivity contribution in [2.45, 2.75) is 13.0 Å². The average molecular weight is 268 g/mol. The van der Waals surface area contributed by atoms with Gasteiger partial charge < -0.3 is 15.4 Å². The molecule has 0 saturated carbocycles. The topological polar surface area (TPSA) is 55.6 Å². The maximum Gasteiger partial charge on any atom is 0.272 e. The van der Waals surface area contributed by atoms with E-state index in [-0.39, 0.29) is 5.91 Å². The van der Waals surface area contributed by atoms with Gasteiger partial charge in [0.25, 0.3) is 5.91 Å². The van der Waals surface area contributed by atoms with E-state index in [9.17, 15) is 4.79 Å². The molecule has 1 unspecified atom stereocenters. The summed E-state index contributed by atoms with van der Waals surface area (Å²) in [6.45, 7) is 1.94. The van der Waals surface area contributed by atoms with Crippen LogP contribution in [0.5, 0.6) is 5.75 Å². The molecule has 0 spiro atoms. The number of aryl methyl sites for hydroxylation is 1. The number of carbonyl (C=O) groups excluding carboxylic acids is 1. The van der Waals surface area contributed by atoms with Crippen LogP contribution in [0.25, 0.3) is 0 Å². The average Bonchev–Trinajstić information content (AvgIpc) is 2.44. The Hall–Kier alpha value is -2.49. The molecule has 3 rings (SSSR count). The number of hydrogen-bond acceptors (Lipinski definition) is 3. The Balaban J connectivity index is 2.09. The number of fused-ring (bicyclic) bond motifs is 1. The second kappa shape index (κ2) is 4.56. The van der Waals surface area contributed by atoms with Gasteiger partial charge in [-0.3, -0.25) is 4.79 Å². The van der Waals surface area contributed by atoms with E-state index < -0.39 is 6.10 Å². The molecule has 0 aliphatic carbocycles. The summed E-state index contributed by atoms with van der Waals surface area (Å²) >= 11 is 0. The van der Waals surface area contributed by atoms with E-state index in [0.717, 1.165) is 16.8 Å². The Bertz CT molecular complexity index is 668. The van der Waals surface area contributed by atoms with Crippen LogP contribution in [0.3, 0.4) is 0 Å². The molecule has 20 heavy (non-hydrogen) atoms. The number of carbonyl (C=O) groups is 1. The van der Waals surface area contributed by atoms with Gasteiger partial charge in [0.15, 0.2) is 5.75 Å². The van der Waals surface area contributed by atoms with Crippen molar-refractivity contribution in [3.05, 3.63) is 53.6 Å². The molecular formula is C16H16N2O2. The van der Waals surface area contributed by atoms with Gasteiger partial charge in [-0.1, -0.05) is 30.3 Å². The minimum Gasteiger partial charge on any atom is -0.471 e. The van der Waals surface area contributed by atoms with Crippen molar-refractivity contribution in [3.8, 4) is 5.75 Å². The van der Waals surface area contributed by atoms with Gasteiger partial charge in [-0.25, -0.2) is 0 Å². The van der Waals surface area contributed by atoms with Gasteiger partial charge in [0, 0.05) is 12.6 Å². The lowest BCUT2D eigenvalue weighted by Gasteiger charge is -2.33. The fourth-order valence-corrected chi connectivity index (χ4v) is 2.46. The normalized spacial score (nSPS) is 17.6. The van der Waals surface area contributed by atoms with Crippen LogP contribution in [0.2, 0.25) is 0 Å². The summed E-state index contributed by atoms with van der Waals surface area (Å²) in [5.74, 6) is 0.486. The molecule has 1 heterocycles. The Morgan fingerprint density at radius 2 is 1.90 bits per heavy atom. The third-order valence-corrected chi connectivity index (χ3v) is 3.50. The van der Waals surface area contributed by atoms with Crippen molar-refractivity contribution in [1.82, 2.24) is 0 Å². The summed E-state index contributed by atoms with van der Waals surface area (Å²) in [6, 6.07) is 13.2. The van der Waals surface area contributed by atoms with Gasteiger partial charge in [0.2, 0.25) is 6.10 Å². The lowest BCUT2D eigenvalue weighted by molar-refractivity contribution is -0.126. The van der Waals surface area contributed by atoms with Gasteiger partial charge in [-0.2, -0.15) is 0 Å². The summed E-state index contributed by atoms with van der Waals surface area (Å²) in [4.78, 5) is 14.1. The Morgan fingerprint density at radius 3 is 2.60 bits per heavy atom. The standard InChI is InChI=1S/C16H16N2O2/c1-10-8-12(17)15-13(9-10)18(2)16(19)14(20-15)11-6-4-3-5-7-11/h3-9,14H,17H2,1-2H3. The molecule has 1 aliphatic rings. The summed E-state index contributed by atoms with van der Waals surface area (Å²) in [5.41, 5.74) is 9.14. The van der Waals surface area contributed by atoms with Crippen LogP contribution in [-0.2, 0) is 4.79 Å².